The molecule has 3 aromatic rings. The molecule has 0 atom stereocenters. The largest absolute Gasteiger partial charge is 0.384 e. The van der Waals surface area contributed by atoms with Crippen LogP contribution in [0.15, 0.2) is 48.7 Å². The van der Waals surface area contributed by atoms with Crippen molar-refractivity contribution in [2.24, 2.45) is 0 Å². The van der Waals surface area contributed by atoms with Crippen LogP contribution in [0.1, 0.15) is 11.4 Å². The molecule has 21 heavy (non-hydrogen) atoms. The predicted molar refractivity (Wildman–Crippen MR) is 82.9 cm³/mol. The standard InChI is InChI=1S/C17H16FN3/c1-12-11-16(14-6-4-7-15(18)17(14)21-12)20-10-8-13-5-2-3-9-19-13/h2-7,9,11H,8,10H2,1H3,(H,20,21). The van der Waals surface area contributed by atoms with Gasteiger partial charge in [-0.2, -0.15) is 0 Å². The van der Waals surface area contributed by atoms with E-state index in [1.54, 1.807) is 12.3 Å². The average molecular weight is 281 g/mol. The molecule has 0 aliphatic rings. The van der Waals surface area contributed by atoms with Crippen molar-refractivity contribution in [3.05, 3.63) is 65.9 Å². The molecule has 3 nitrogen and oxygen atoms in total. The molecule has 1 N–H and O–H groups in total. The predicted octanol–water partition coefficient (Wildman–Crippen LogP) is 3.73. The van der Waals surface area contributed by atoms with Crippen molar-refractivity contribution in [1.82, 2.24) is 9.97 Å². The van der Waals surface area contributed by atoms with Gasteiger partial charge in [0.05, 0.1) is 0 Å². The summed E-state index contributed by atoms with van der Waals surface area (Å²) in [5.74, 6) is -0.288. The molecule has 0 saturated carbocycles. The highest BCUT2D eigenvalue weighted by Gasteiger charge is 2.07. The number of halogens is 1. The van der Waals surface area contributed by atoms with Crippen LogP contribution >= 0.6 is 0 Å². The molecule has 0 amide bonds. The first-order valence-electron chi connectivity index (χ1n) is 6.94. The Labute approximate surface area is 122 Å². The fourth-order valence-electron chi connectivity index (χ4n) is 2.36. The molecule has 0 saturated heterocycles. The van der Waals surface area contributed by atoms with Crippen LogP contribution in [0, 0.1) is 12.7 Å². The lowest BCUT2D eigenvalue weighted by molar-refractivity contribution is 0.636. The molecule has 106 valence electrons. The number of nitrogens with zero attached hydrogens (tertiary/aromatic N) is 2. The van der Waals surface area contributed by atoms with E-state index in [0.717, 1.165) is 35.4 Å². The van der Waals surface area contributed by atoms with Crippen molar-refractivity contribution in [2.75, 3.05) is 11.9 Å². The average Bonchev–Trinajstić information content (AvgIpc) is 2.49. The fourth-order valence-corrected chi connectivity index (χ4v) is 2.36. The topological polar surface area (TPSA) is 37.8 Å². The second-order valence-electron chi connectivity index (χ2n) is 4.95. The summed E-state index contributed by atoms with van der Waals surface area (Å²) in [5.41, 5.74) is 3.16. The first-order valence-corrected chi connectivity index (χ1v) is 6.94. The second kappa shape index (κ2) is 5.87. The Kier molecular flexibility index (Phi) is 3.77. The monoisotopic (exact) mass is 281 g/mol. The minimum atomic E-state index is -0.288. The van der Waals surface area contributed by atoms with Crippen LogP contribution in [0.4, 0.5) is 10.1 Å². The molecule has 0 unspecified atom stereocenters. The summed E-state index contributed by atoms with van der Waals surface area (Å²) in [7, 11) is 0. The molecule has 3 rings (SSSR count). The summed E-state index contributed by atoms with van der Waals surface area (Å²) in [4.78, 5) is 8.57. The second-order valence-corrected chi connectivity index (χ2v) is 4.95. The minimum Gasteiger partial charge on any atom is -0.384 e. The Hall–Kier alpha value is -2.49. The lowest BCUT2D eigenvalue weighted by Gasteiger charge is -2.11. The number of benzene rings is 1. The zero-order valence-electron chi connectivity index (χ0n) is 11.8. The van der Waals surface area contributed by atoms with E-state index < -0.39 is 0 Å². The van der Waals surface area contributed by atoms with Crippen molar-refractivity contribution in [1.29, 1.82) is 0 Å². The number of aromatic nitrogens is 2. The lowest BCUT2D eigenvalue weighted by atomic mass is 10.1. The van der Waals surface area contributed by atoms with Crippen molar-refractivity contribution >= 4 is 16.6 Å². The molecular weight excluding hydrogens is 265 g/mol. The van der Waals surface area contributed by atoms with Gasteiger partial charge in [0, 0.05) is 41.6 Å². The molecule has 2 aromatic heterocycles. The van der Waals surface area contributed by atoms with E-state index in [1.165, 1.54) is 6.07 Å². The van der Waals surface area contributed by atoms with Gasteiger partial charge in [-0.3, -0.25) is 4.98 Å². The first-order chi connectivity index (χ1) is 10.2. The van der Waals surface area contributed by atoms with Gasteiger partial charge in [-0.25, -0.2) is 9.37 Å². The van der Waals surface area contributed by atoms with Crippen LogP contribution in [0.25, 0.3) is 10.9 Å². The van der Waals surface area contributed by atoms with E-state index in [-0.39, 0.29) is 5.82 Å². The summed E-state index contributed by atoms with van der Waals surface area (Å²) in [6.07, 6.45) is 2.61. The minimum absolute atomic E-state index is 0.288. The van der Waals surface area contributed by atoms with Gasteiger partial charge < -0.3 is 5.32 Å². The van der Waals surface area contributed by atoms with E-state index in [2.05, 4.69) is 15.3 Å². The smallest absolute Gasteiger partial charge is 0.149 e. The highest BCUT2D eigenvalue weighted by atomic mass is 19.1. The van der Waals surface area contributed by atoms with E-state index in [0.29, 0.717) is 5.52 Å². The number of hydrogen-bond donors (Lipinski definition) is 1. The third-order valence-electron chi connectivity index (χ3n) is 3.34. The third kappa shape index (κ3) is 2.99. The van der Waals surface area contributed by atoms with Crippen LogP contribution in [-0.4, -0.2) is 16.5 Å². The van der Waals surface area contributed by atoms with Crippen LogP contribution in [0.2, 0.25) is 0 Å². The van der Waals surface area contributed by atoms with E-state index in [1.807, 2.05) is 37.3 Å². The Morgan fingerprint density at radius 2 is 2.05 bits per heavy atom. The molecule has 0 bridgehead atoms. The number of para-hydroxylation sites is 1. The van der Waals surface area contributed by atoms with Crippen molar-refractivity contribution in [3.63, 3.8) is 0 Å². The van der Waals surface area contributed by atoms with Crippen molar-refractivity contribution < 1.29 is 4.39 Å². The molecule has 0 spiro atoms. The number of aryl methyl sites for hydroxylation is 1. The summed E-state index contributed by atoms with van der Waals surface area (Å²) < 4.78 is 13.8. The number of anilines is 1. The number of pyridine rings is 2. The molecule has 4 heteroatoms. The van der Waals surface area contributed by atoms with E-state index >= 15 is 0 Å². The van der Waals surface area contributed by atoms with Crippen molar-refractivity contribution in [3.8, 4) is 0 Å². The molecule has 0 radical (unpaired) electrons. The van der Waals surface area contributed by atoms with Gasteiger partial charge in [0.25, 0.3) is 0 Å². The van der Waals surface area contributed by atoms with Crippen LogP contribution in [-0.2, 0) is 6.42 Å². The fraction of sp³-hybridized carbons (Fsp3) is 0.176. The van der Waals surface area contributed by atoms with Gasteiger partial charge in [-0.1, -0.05) is 18.2 Å². The normalized spacial score (nSPS) is 10.8. The lowest BCUT2D eigenvalue weighted by Crippen LogP contribution is -2.07. The maximum absolute atomic E-state index is 13.8. The molecule has 0 aliphatic heterocycles. The third-order valence-corrected chi connectivity index (χ3v) is 3.34. The summed E-state index contributed by atoms with van der Waals surface area (Å²) >= 11 is 0. The van der Waals surface area contributed by atoms with E-state index in [9.17, 15) is 4.39 Å². The molecule has 1 aromatic carbocycles. The SMILES string of the molecule is Cc1cc(NCCc2ccccn2)c2cccc(F)c2n1. The summed E-state index contributed by atoms with van der Waals surface area (Å²) in [6, 6.07) is 12.8. The van der Waals surface area contributed by atoms with Crippen LogP contribution < -0.4 is 5.32 Å². The first kappa shape index (κ1) is 13.5. The van der Waals surface area contributed by atoms with Gasteiger partial charge in [-0.05, 0) is 31.2 Å². The molecular formula is C17H16FN3. The highest BCUT2D eigenvalue weighted by Crippen LogP contribution is 2.24. The van der Waals surface area contributed by atoms with Crippen molar-refractivity contribution in [2.45, 2.75) is 13.3 Å². The zero-order chi connectivity index (χ0) is 14.7. The Bertz CT molecular complexity index is 757. The van der Waals surface area contributed by atoms with Gasteiger partial charge in [0.15, 0.2) is 0 Å². The molecule has 0 aliphatic carbocycles. The number of fused-ring (bicyclic) bond motifs is 1. The van der Waals surface area contributed by atoms with Gasteiger partial charge in [0.1, 0.15) is 11.3 Å². The van der Waals surface area contributed by atoms with E-state index in [4.69, 9.17) is 0 Å². The van der Waals surface area contributed by atoms with Crippen LogP contribution in [0.3, 0.4) is 0 Å². The number of hydrogen-bond acceptors (Lipinski definition) is 3. The summed E-state index contributed by atoms with van der Waals surface area (Å²) in [5, 5.41) is 4.16. The Morgan fingerprint density at radius 3 is 2.86 bits per heavy atom. The van der Waals surface area contributed by atoms with Gasteiger partial charge >= 0.3 is 0 Å². The van der Waals surface area contributed by atoms with Gasteiger partial charge in [-0.15, -0.1) is 0 Å². The summed E-state index contributed by atoms with van der Waals surface area (Å²) in [6.45, 7) is 2.61. The maximum atomic E-state index is 13.8. The molecule has 2 heterocycles. The highest BCUT2D eigenvalue weighted by molar-refractivity contribution is 5.91. The Morgan fingerprint density at radius 1 is 1.14 bits per heavy atom. The Balaban J connectivity index is 1.82. The maximum Gasteiger partial charge on any atom is 0.149 e. The molecule has 0 fully saturated rings. The number of rotatable bonds is 4. The quantitative estimate of drug-likeness (QED) is 0.791. The van der Waals surface area contributed by atoms with Gasteiger partial charge in [0.2, 0.25) is 0 Å². The number of nitrogens with one attached hydrogen (secondary N) is 1. The zero-order valence-corrected chi connectivity index (χ0v) is 11.8. The van der Waals surface area contributed by atoms with Crippen LogP contribution in [0.5, 0.6) is 0 Å².